The van der Waals surface area contributed by atoms with Gasteiger partial charge in [-0.3, -0.25) is 0 Å². The number of alkyl halides is 1. The van der Waals surface area contributed by atoms with Crippen molar-refractivity contribution < 1.29 is 0 Å². The monoisotopic (exact) mass is 587 g/mol. The zero-order valence-corrected chi connectivity index (χ0v) is 23.9. The Labute approximate surface area is 243 Å². The van der Waals surface area contributed by atoms with Crippen LogP contribution in [0.5, 0.6) is 0 Å². The third-order valence-electron chi connectivity index (χ3n) is 7.56. The number of anilines is 1. The van der Waals surface area contributed by atoms with Crippen molar-refractivity contribution in [3.8, 4) is 0 Å². The zero-order valence-electron chi connectivity index (χ0n) is 22.3. The number of rotatable bonds is 9. The lowest BCUT2D eigenvalue weighted by Crippen LogP contribution is -2.39. The molecule has 1 N–H and O–H groups in total. The number of nitrogens with zero attached hydrogens (tertiary/aromatic N) is 4. The van der Waals surface area contributed by atoms with Crippen molar-refractivity contribution in [2.24, 2.45) is 0 Å². The van der Waals surface area contributed by atoms with Gasteiger partial charge in [0.05, 0.1) is 0 Å². The highest BCUT2D eigenvalue weighted by Crippen LogP contribution is 2.43. The van der Waals surface area contributed by atoms with Gasteiger partial charge in [-0.15, -0.1) is 5.10 Å². The minimum Gasteiger partial charge on any atom is -0.373 e. The van der Waals surface area contributed by atoms with Gasteiger partial charge in [-0.25, -0.2) is 9.67 Å². The molecule has 5 nitrogen and oxygen atoms in total. The van der Waals surface area contributed by atoms with Gasteiger partial charge >= 0.3 is 0 Å². The van der Waals surface area contributed by atoms with Crippen LogP contribution in [0.4, 0.5) is 5.82 Å². The fraction of sp³-hybridized carbons (Fsp3) is 0.147. The van der Waals surface area contributed by atoms with Crippen LogP contribution in [0.25, 0.3) is 11.2 Å². The number of hydrogen-bond donors (Lipinski definition) is 1. The van der Waals surface area contributed by atoms with Crippen LogP contribution in [0, 0.1) is 0 Å². The van der Waals surface area contributed by atoms with Gasteiger partial charge in [0.15, 0.2) is 5.65 Å². The van der Waals surface area contributed by atoms with Gasteiger partial charge < -0.3 is 5.32 Å². The molecule has 0 bridgehead atoms. The average Bonchev–Trinajstić information content (AvgIpc) is 3.46. The van der Waals surface area contributed by atoms with Crippen molar-refractivity contribution in [3.63, 3.8) is 0 Å². The second-order valence-corrected chi connectivity index (χ2v) is 10.6. The first kappa shape index (κ1) is 26.0. The highest BCUT2D eigenvalue weighted by Gasteiger charge is 2.41. The van der Waals surface area contributed by atoms with Gasteiger partial charge in [0.1, 0.15) is 16.9 Å². The highest BCUT2D eigenvalue weighted by atomic mass is 79.9. The molecule has 1 atom stereocenters. The second-order valence-electron chi connectivity index (χ2n) is 9.77. The summed E-state index contributed by atoms with van der Waals surface area (Å²) in [6.07, 6.45) is 0.917. The van der Waals surface area contributed by atoms with E-state index in [-0.39, 0.29) is 5.92 Å². The van der Waals surface area contributed by atoms with E-state index in [1.807, 2.05) is 29.9 Å². The molecule has 198 valence electrons. The molecule has 40 heavy (non-hydrogen) atoms. The summed E-state index contributed by atoms with van der Waals surface area (Å²) in [6.45, 7) is 0. The van der Waals surface area contributed by atoms with Crippen molar-refractivity contribution in [1.29, 1.82) is 0 Å². The number of aromatic nitrogens is 4. The van der Waals surface area contributed by atoms with E-state index in [1.54, 1.807) is 0 Å². The van der Waals surface area contributed by atoms with Crippen molar-refractivity contribution in [3.05, 3.63) is 155 Å². The van der Waals surface area contributed by atoms with Crippen LogP contribution in [0.2, 0.25) is 0 Å². The van der Waals surface area contributed by atoms with Gasteiger partial charge in [0, 0.05) is 18.3 Å². The molecule has 6 heteroatoms. The molecule has 0 aliphatic rings. The molecule has 0 radical (unpaired) electrons. The van der Waals surface area contributed by atoms with Gasteiger partial charge in [0.2, 0.25) is 0 Å². The molecule has 0 aliphatic carbocycles. The molecule has 0 amide bonds. The van der Waals surface area contributed by atoms with Crippen molar-refractivity contribution in [1.82, 2.24) is 20.0 Å². The maximum Gasteiger partial charge on any atom is 0.182 e. The lowest BCUT2D eigenvalue weighted by Gasteiger charge is -2.36. The molecule has 0 aliphatic heterocycles. The van der Waals surface area contributed by atoms with Crippen LogP contribution in [-0.4, -0.2) is 32.4 Å². The fourth-order valence-corrected chi connectivity index (χ4v) is 6.20. The molecule has 6 rings (SSSR count). The molecule has 2 aromatic heterocycles. The number of fused-ring (bicyclic) bond motifs is 1. The maximum atomic E-state index is 5.11. The van der Waals surface area contributed by atoms with E-state index >= 15 is 0 Å². The summed E-state index contributed by atoms with van der Waals surface area (Å²) in [5, 5.41) is 14.0. The van der Waals surface area contributed by atoms with E-state index in [2.05, 4.69) is 130 Å². The summed E-state index contributed by atoms with van der Waals surface area (Å²) in [6, 6.07) is 44.3. The average molecular weight is 589 g/mol. The quantitative estimate of drug-likeness (QED) is 0.139. The Bertz CT molecular complexity index is 1590. The predicted molar refractivity (Wildman–Crippen MR) is 166 cm³/mol. The normalized spacial score (nSPS) is 12.3. The molecular formula is C34H30BrN5. The molecule has 0 saturated carbocycles. The molecule has 0 unspecified atom stereocenters. The fourth-order valence-electron chi connectivity index (χ4n) is 5.75. The Morgan fingerprint density at radius 2 is 1.25 bits per heavy atom. The first-order chi connectivity index (χ1) is 19.8. The van der Waals surface area contributed by atoms with Gasteiger partial charge in [-0.05, 0) is 40.3 Å². The van der Waals surface area contributed by atoms with Crippen LogP contribution in [0.3, 0.4) is 0 Å². The molecule has 6 aromatic rings. The van der Waals surface area contributed by atoms with Crippen molar-refractivity contribution >= 4 is 32.9 Å². The summed E-state index contributed by atoms with van der Waals surface area (Å²) < 4.78 is 2.02. The lowest BCUT2D eigenvalue weighted by atomic mass is 9.77. The smallest absolute Gasteiger partial charge is 0.182 e. The summed E-state index contributed by atoms with van der Waals surface area (Å²) in [5.74, 6) is 0.910. The van der Waals surface area contributed by atoms with Crippen LogP contribution in [0.15, 0.2) is 127 Å². The zero-order chi connectivity index (χ0) is 27.4. The third kappa shape index (κ3) is 4.48. The van der Waals surface area contributed by atoms with Crippen molar-refractivity contribution in [2.45, 2.75) is 17.9 Å². The van der Waals surface area contributed by atoms with E-state index in [1.165, 1.54) is 5.56 Å². The molecule has 0 spiro atoms. The number of halogens is 1. The minimum absolute atomic E-state index is 0.128. The van der Waals surface area contributed by atoms with Crippen LogP contribution in [-0.2, 0) is 5.54 Å². The maximum absolute atomic E-state index is 5.11. The predicted octanol–water partition coefficient (Wildman–Crippen LogP) is 7.63. The van der Waals surface area contributed by atoms with Crippen molar-refractivity contribution in [2.75, 3.05) is 17.7 Å². The van der Waals surface area contributed by atoms with Gasteiger partial charge in [-0.2, -0.15) is 0 Å². The van der Waals surface area contributed by atoms with E-state index < -0.39 is 5.54 Å². The Morgan fingerprint density at radius 3 is 1.73 bits per heavy atom. The first-order valence-corrected chi connectivity index (χ1v) is 14.6. The van der Waals surface area contributed by atoms with E-state index in [0.717, 1.165) is 51.0 Å². The SMILES string of the molecule is CNc1cc([C@H](CCBr)c2ccccc2)c2nnn(C(c3ccccc3)(c3ccccc3)c3ccccc3)c2n1. The van der Waals surface area contributed by atoms with Crippen LogP contribution < -0.4 is 5.32 Å². The second kappa shape index (κ2) is 11.4. The molecule has 2 heterocycles. The van der Waals surface area contributed by atoms with Gasteiger partial charge in [-0.1, -0.05) is 142 Å². The summed E-state index contributed by atoms with van der Waals surface area (Å²) in [4.78, 5) is 5.11. The molecular weight excluding hydrogens is 558 g/mol. The van der Waals surface area contributed by atoms with Crippen LogP contribution in [0.1, 0.15) is 40.2 Å². The third-order valence-corrected chi connectivity index (χ3v) is 8.02. The molecule has 0 saturated heterocycles. The lowest BCUT2D eigenvalue weighted by molar-refractivity contribution is 0.458. The first-order valence-electron chi connectivity index (χ1n) is 13.5. The Balaban J connectivity index is 1.71. The highest BCUT2D eigenvalue weighted by molar-refractivity contribution is 9.09. The van der Waals surface area contributed by atoms with Gasteiger partial charge in [0.25, 0.3) is 0 Å². The molecule has 4 aromatic carbocycles. The number of nitrogens with one attached hydrogen (secondary N) is 1. The summed E-state index contributed by atoms with van der Waals surface area (Å²) >= 11 is 3.70. The standard InChI is InChI=1S/C34H30BrN5/c1-36-31-24-30(29(22-23-35)25-14-6-2-7-15-25)32-33(37-31)40(39-38-32)34(26-16-8-3-9-17-26,27-18-10-4-11-19-27)28-20-12-5-13-21-28/h2-21,24,29H,22-23H2,1H3,(H,36,37)/t29-/m1/s1. The summed E-state index contributed by atoms with van der Waals surface area (Å²) in [5.41, 5.74) is 6.33. The topological polar surface area (TPSA) is 55.6 Å². The Kier molecular flexibility index (Phi) is 7.43. The number of hydrogen-bond acceptors (Lipinski definition) is 4. The van der Waals surface area contributed by atoms with E-state index in [0.29, 0.717) is 0 Å². The number of benzene rings is 4. The number of pyridine rings is 1. The van der Waals surface area contributed by atoms with E-state index in [9.17, 15) is 0 Å². The van der Waals surface area contributed by atoms with Crippen LogP contribution >= 0.6 is 15.9 Å². The largest absolute Gasteiger partial charge is 0.373 e. The summed E-state index contributed by atoms with van der Waals surface area (Å²) in [7, 11) is 1.91. The van der Waals surface area contributed by atoms with E-state index in [4.69, 9.17) is 15.3 Å². The Morgan fingerprint density at radius 1 is 0.750 bits per heavy atom. The molecule has 0 fully saturated rings. The Hall–Kier alpha value is -4.29. The minimum atomic E-state index is -0.799.